The highest BCUT2D eigenvalue weighted by Gasteiger charge is 2.32. The van der Waals surface area contributed by atoms with Crippen molar-refractivity contribution in [3.8, 4) is 0 Å². The molecule has 2 rings (SSSR count). The van der Waals surface area contributed by atoms with Crippen molar-refractivity contribution in [3.63, 3.8) is 0 Å². The van der Waals surface area contributed by atoms with Crippen molar-refractivity contribution in [3.05, 3.63) is 40.6 Å². The van der Waals surface area contributed by atoms with Crippen LogP contribution in [-0.2, 0) is 0 Å². The zero-order chi connectivity index (χ0) is 19.4. The lowest BCUT2D eigenvalue weighted by molar-refractivity contribution is 0.829. The third-order valence-electron chi connectivity index (χ3n) is 4.41. The highest BCUT2D eigenvalue weighted by Crippen LogP contribution is 2.46. The van der Waals surface area contributed by atoms with Crippen molar-refractivity contribution in [2.24, 2.45) is 17.2 Å². The lowest BCUT2D eigenvalue weighted by Crippen LogP contribution is -2.25. The Kier molecular flexibility index (Phi) is 6.69. The number of nitrogens with one attached hydrogen (secondary N) is 2. The number of fused-ring (bicyclic) bond motifs is 1. The molecule has 7 nitrogen and oxygen atoms in total. The van der Waals surface area contributed by atoms with E-state index in [4.69, 9.17) is 17.2 Å². The number of likely N-dealkylation sites (N-methyl/N-ethyl adjacent to an activating group) is 1. The average molecular weight is 376 g/mol. The van der Waals surface area contributed by atoms with Crippen LogP contribution >= 0.6 is 11.8 Å². The van der Waals surface area contributed by atoms with Crippen molar-refractivity contribution < 1.29 is 0 Å². The van der Waals surface area contributed by atoms with Crippen molar-refractivity contribution >= 4 is 23.2 Å². The second kappa shape index (κ2) is 8.57. The lowest BCUT2D eigenvalue weighted by Gasteiger charge is -2.16. The summed E-state index contributed by atoms with van der Waals surface area (Å²) in [5.41, 5.74) is 23.6. The molecule has 2 unspecified atom stereocenters. The number of hydrogen-bond donors (Lipinski definition) is 5. The standard InChI is InChI=1S/C18H29N7S/c1-9(11(3)19)6-13(21)7-23-17-16-15(24-8-25-17)14(10(2)12(4)20)18(22-5)26-16/h6,8,12,18,22H,7,19-21H2,1-5H3,(H,23,24,25)/b11-9-,13-6-,14-10-. The highest BCUT2D eigenvalue weighted by molar-refractivity contribution is 8.01. The number of rotatable bonds is 6. The molecular formula is C18H29N7S. The summed E-state index contributed by atoms with van der Waals surface area (Å²) in [6.45, 7) is 8.31. The smallest absolute Gasteiger partial charge is 0.144 e. The normalized spacial score (nSPS) is 21.2. The molecule has 0 spiro atoms. The Balaban J connectivity index is 2.31. The first-order chi connectivity index (χ1) is 12.3. The van der Waals surface area contributed by atoms with E-state index in [9.17, 15) is 0 Å². The number of allylic oxidation sites excluding steroid dienone is 3. The van der Waals surface area contributed by atoms with Gasteiger partial charge in [-0.3, -0.25) is 0 Å². The molecule has 26 heavy (non-hydrogen) atoms. The minimum atomic E-state index is -0.0355. The van der Waals surface area contributed by atoms with Crippen molar-refractivity contribution in [2.45, 2.75) is 44.0 Å². The van der Waals surface area contributed by atoms with Gasteiger partial charge in [0.15, 0.2) is 0 Å². The molecule has 0 saturated heterocycles. The first kappa shape index (κ1) is 20.3. The van der Waals surface area contributed by atoms with E-state index in [1.165, 1.54) is 0 Å². The Hall–Kier alpha value is -2.03. The molecule has 0 aliphatic carbocycles. The highest BCUT2D eigenvalue weighted by atomic mass is 32.2. The fourth-order valence-electron chi connectivity index (χ4n) is 2.57. The van der Waals surface area contributed by atoms with Crippen LogP contribution in [0.2, 0.25) is 0 Å². The van der Waals surface area contributed by atoms with Crippen molar-refractivity contribution in [2.75, 3.05) is 18.9 Å². The summed E-state index contributed by atoms with van der Waals surface area (Å²) in [4.78, 5) is 9.92. The fourth-order valence-corrected chi connectivity index (χ4v) is 3.85. The van der Waals surface area contributed by atoms with Gasteiger partial charge in [-0.25, -0.2) is 9.97 Å². The Morgan fingerprint density at radius 3 is 2.58 bits per heavy atom. The summed E-state index contributed by atoms with van der Waals surface area (Å²) in [5.74, 6) is 0.773. The molecule has 0 saturated carbocycles. The van der Waals surface area contributed by atoms with Gasteiger partial charge in [0.05, 0.1) is 22.5 Å². The van der Waals surface area contributed by atoms with Gasteiger partial charge in [-0.15, -0.1) is 0 Å². The summed E-state index contributed by atoms with van der Waals surface area (Å²) in [6, 6.07) is -0.0355. The number of nitrogens with two attached hydrogens (primary N) is 3. The van der Waals surface area contributed by atoms with Crippen LogP contribution in [0.25, 0.3) is 5.57 Å². The molecule has 8 N–H and O–H groups in total. The second-order valence-corrected chi connectivity index (χ2v) is 7.63. The topological polar surface area (TPSA) is 128 Å². The van der Waals surface area contributed by atoms with Crippen LogP contribution in [0.1, 0.15) is 33.4 Å². The Bertz CT molecular complexity index is 761. The van der Waals surface area contributed by atoms with Crippen molar-refractivity contribution in [1.29, 1.82) is 0 Å². The number of hydrogen-bond acceptors (Lipinski definition) is 8. The number of aromatic nitrogens is 2. The van der Waals surface area contributed by atoms with Gasteiger partial charge < -0.3 is 27.8 Å². The molecule has 142 valence electrons. The SMILES string of the molecule is CNC1Sc2c(NC/C(N)=C/C(C)=C(/C)N)ncnc2/C1=C(\C)C(C)N. The maximum atomic E-state index is 6.10. The third-order valence-corrected chi connectivity index (χ3v) is 5.74. The van der Waals surface area contributed by atoms with Crippen LogP contribution in [0, 0.1) is 0 Å². The first-order valence-electron chi connectivity index (χ1n) is 8.54. The molecule has 1 aromatic heterocycles. The van der Waals surface area contributed by atoms with E-state index in [0.29, 0.717) is 12.2 Å². The first-order valence-corrected chi connectivity index (χ1v) is 9.42. The van der Waals surface area contributed by atoms with Crippen LogP contribution in [0.4, 0.5) is 5.82 Å². The zero-order valence-electron chi connectivity index (χ0n) is 16.1. The predicted octanol–water partition coefficient (Wildman–Crippen LogP) is 1.76. The van der Waals surface area contributed by atoms with Crippen LogP contribution in [0.3, 0.4) is 0 Å². The van der Waals surface area contributed by atoms with E-state index < -0.39 is 0 Å². The second-order valence-electron chi connectivity index (χ2n) is 6.51. The fraction of sp³-hybridized carbons (Fsp3) is 0.444. The van der Waals surface area contributed by atoms with Gasteiger partial charge in [-0.05, 0) is 52.0 Å². The molecule has 8 heteroatoms. The monoisotopic (exact) mass is 375 g/mol. The molecule has 1 aliphatic rings. The maximum absolute atomic E-state index is 6.10. The maximum Gasteiger partial charge on any atom is 0.144 e. The average Bonchev–Trinajstić information content (AvgIpc) is 2.97. The van der Waals surface area contributed by atoms with Gasteiger partial charge >= 0.3 is 0 Å². The van der Waals surface area contributed by atoms with Crippen LogP contribution < -0.4 is 27.8 Å². The van der Waals surface area contributed by atoms with E-state index in [1.54, 1.807) is 18.1 Å². The van der Waals surface area contributed by atoms with Gasteiger partial charge in [-0.2, -0.15) is 0 Å². The van der Waals surface area contributed by atoms with E-state index in [0.717, 1.165) is 38.8 Å². The number of anilines is 1. The molecule has 0 aromatic carbocycles. The summed E-state index contributed by atoms with van der Waals surface area (Å²) in [7, 11) is 1.93. The number of nitrogens with zero attached hydrogens (tertiary/aromatic N) is 2. The van der Waals surface area contributed by atoms with E-state index in [2.05, 4.69) is 27.5 Å². The van der Waals surface area contributed by atoms with Gasteiger partial charge in [0.2, 0.25) is 0 Å². The molecule has 0 fully saturated rings. The molecule has 0 amide bonds. The molecule has 1 aromatic rings. The minimum absolute atomic E-state index is 0.0355. The molecule has 0 radical (unpaired) electrons. The van der Waals surface area contributed by atoms with E-state index in [-0.39, 0.29) is 11.4 Å². The summed E-state index contributed by atoms with van der Waals surface area (Å²) >= 11 is 1.69. The van der Waals surface area contributed by atoms with E-state index >= 15 is 0 Å². The molecule has 0 bridgehead atoms. The number of thioether (sulfide) groups is 1. The lowest BCUT2D eigenvalue weighted by atomic mass is 10.0. The summed E-state index contributed by atoms with van der Waals surface area (Å²) in [6.07, 6.45) is 3.45. The van der Waals surface area contributed by atoms with Gasteiger partial charge in [0.1, 0.15) is 12.1 Å². The van der Waals surface area contributed by atoms with Gasteiger partial charge in [-0.1, -0.05) is 11.8 Å². The Morgan fingerprint density at radius 2 is 2.00 bits per heavy atom. The Morgan fingerprint density at radius 1 is 1.31 bits per heavy atom. The van der Waals surface area contributed by atoms with Gasteiger partial charge in [0.25, 0.3) is 0 Å². The van der Waals surface area contributed by atoms with Crippen LogP contribution in [0.15, 0.2) is 39.8 Å². The van der Waals surface area contributed by atoms with Crippen LogP contribution in [-0.4, -0.2) is 35.0 Å². The van der Waals surface area contributed by atoms with Gasteiger partial charge in [0, 0.05) is 23.0 Å². The largest absolute Gasteiger partial charge is 0.402 e. The van der Waals surface area contributed by atoms with E-state index in [1.807, 2.05) is 33.9 Å². The zero-order valence-corrected chi connectivity index (χ0v) is 16.9. The summed E-state index contributed by atoms with van der Waals surface area (Å²) < 4.78 is 0. The molecule has 1 aliphatic heterocycles. The third kappa shape index (κ3) is 4.38. The molecule has 2 heterocycles. The molecular weight excluding hydrogens is 346 g/mol. The molecule has 2 atom stereocenters. The predicted molar refractivity (Wildman–Crippen MR) is 110 cm³/mol. The van der Waals surface area contributed by atoms with Crippen molar-refractivity contribution in [1.82, 2.24) is 15.3 Å². The minimum Gasteiger partial charge on any atom is -0.402 e. The summed E-state index contributed by atoms with van der Waals surface area (Å²) in [5, 5.41) is 6.74. The van der Waals surface area contributed by atoms with Crippen LogP contribution in [0.5, 0.6) is 0 Å². The quantitative estimate of drug-likeness (QED) is 0.476. The Labute approximate surface area is 159 Å².